The van der Waals surface area contributed by atoms with Gasteiger partial charge in [0, 0.05) is 60.8 Å². The van der Waals surface area contributed by atoms with Gasteiger partial charge in [-0.2, -0.15) is 0 Å². The minimum Gasteiger partial charge on any atom is -0.511 e. The molecule has 4 saturated carbocycles. The van der Waals surface area contributed by atoms with Gasteiger partial charge in [0.15, 0.2) is 17.3 Å². The molecule has 1 aromatic rings. The fourth-order valence-electron chi connectivity index (χ4n) is 12.9. The Morgan fingerprint density at radius 3 is 2.29 bits per heavy atom. The minimum absolute atomic E-state index is 0.105. The summed E-state index contributed by atoms with van der Waals surface area (Å²) >= 11 is 0. The SMILES string of the molecule is COC(=O)CC1C2(C)CC34OC5(C)OC67C(/C(=C(/O)C(C)C)C(=O)OC6C3(O)C2OC(C)=O)C(C)(C(OC(C)=O)c2ccoc2)CCC7(O5)C14C. The maximum atomic E-state index is 14.7. The van der Waals surface area contributed by atoms with Crippen molar-refractivity contribution in [1.29, 1.82) is 0 Å². The Morgan fingerprint density at radius 1 is 1.02 bits per heavy atom. The van der Waals surface area contributed by atoms with E-state index in [2.05, 4.69) is 0 Å². The topological polar surface area (TPSA) is 186 Å². The van der Waals surface area contributed by atoms with Crippen LogP contribution >= 0.6 is 0 Å². The number of aliphatic hydroxyl groups excluding tert-OH is 1. The first kappa shape index (κ1) is 34.6. The number of allylic oxidation sites excluding steroid dienone is 1. The van der Waals surface area contributed by atoms with E-state index in [0.717, 1.165) is 0 Å². The predicted octanol–water partition coefficient (Wildman–Crippen LogP) is 3.95. The van der Waals surface area contributed by atoms with Crippen molar-refractivity contribution in [2.45, 2.75) is 128 Å². The second kappa shape index (κ2) is 9.94. The molecule has 3 aliphatic heterocycles. The molecule has 8 rings (SSSR count). The first-order valence-corrected chi connectivity index (χ1v) is 17.6. The molecule has 51 heavy (non-hydrogen) atoms. The van der Waals surface area contributed by atoms with Crippen LogP contribution in [0.5, 0.6) is 0 Å². The van der Waals surface area contributed by atoms with E-state index < -0.39 is 105 Å². The highest BCUT2D eigenvalue weighted by Gasteiger charge is 3.04. The maximum Gasteiger partial charge on any atom is 0.338 e. The molecule has 7 fully saturated rings. The molecule has 2 N–H and O–H groups in total. The van der Waals surface area contributed by atoms with Crippen LogP contribution in [0.25, 0.3) is 0 Å². The van der Waals surface area contributed by atoms with E-state index in [1.54, 1.807) is 26.8 Å². The zero-order valence-corrected chi connectivity index (χ0v) is 30.3. The summed E-state index contributed by atoms with van der Waals surface area (Å²) in [6.07, 6.45) is -0.667. The van der Waals surface area contributed by atoms with E-state index in [0.29, 0.717) is 5.56 Å². The van der Waals surface area contributed by atoms with E-state index in [4.69, 9.17) is 37.6 Å². The van der Waals surface area contributed by atoms with Crippen LogP contribution in [0.4, 0.5) is 0 Å². The molecule has 4 bridgehead atoms. The van der Waals surface area contributed by atoms with Gasteiger partial charge in [0.1, 0.15) is 29.2 Å². The van der Waals surface area contributed by atoms with Crippen LogP contribution in [0.15, 0.2) is 34.3 Å². The number of furan rings is 1. The number of carbonyl (C=O) groups is 4. The summed E-state index contributed by atoms with van der Waals surface area (Å²) in [6, 6.07) is 1.66. The molecule has 1 aromatic heterocycles. The minimum atomic E-state index is -2.25. The molecular formula is C37H46O14. The molecule has 7 aliphatic rings. The van der Waals surface area contributed by atoms with Crippen LogP contribution in [0, 0.1) is 34.0 Å². The fourth-order valence-corrected chi connectivity index (χ4v) is 12.9. The van der Waals surface area contributed by atoms with Crippen molar-refractivity contribution in [2.75, 3.05) is 7.11 Å². The van der Waals surface area contributed by atoms with Gasteiger partial charge in [-0.25, -0.2) is 4.79 Å². The van der Waals surface area contributed by atoms with Crippen LogP contribution in [-0.4, -0.2) is 81.8 Å². The Kier molecular flexibility index (Phi) is 6.75. The Bertz CT molecular complexity index is 1790. The first-order valence-electron chi connectivity index (χ1n) is 17.6. The third-order valence-corrected chi connectivity index (χ3v) is 14.2. The molecule has 3 spiro atoms. The average molecular weight is 715 g/mol. The molecule has 14 heteroatoms. The summed E-state index contributed by atoms with van der Waals surface area (Å²) in [7, 11) is 1.29. The van der Waals surface area contributed by atoms with Crippen LogP contribution in [-0.2, 0) is 52.3 Å². The molecule has 0 radical (unpaired) electrons. The fraction of sp³-hybridized carbons (Fsp3) is 0.730. The van der Waals surface area contributed by atoms with Crippen LogP contribution in [0.2, 0.25) is 0 Å². The van der Waals surface area contributed by atoms with Gasteiger partial charge in [0.2, 0.25) is 0 Å². The van der Waals surface area contributed by atoms with Crippen molar-refractivity contribution in [2.24, 2.45) is 34.0 Å². The summed E-state index contributed by atoms with van der Waals surface area (Å²) < 4.78 is 50.5. The number of fused-ring (bicyclic) bond motifs is 3. The van der Waals surface area contributed by atoms with Crippen molar-refractivity contribution in [3.8, 4) is 0 Å². The van der Waals surface area contributed by atoms with Gasteiger partial charge in [0.25, 0.3) is 5.97 Å². The second-order valence-electron chi connectivity index (χ2n) is 16.9. The summed E-state index contributed by atoms with van der Waals surface area (Å²) in [6.45, 7) is 13.2. The lowest BCUT2D eigenvalue weighted by atomic mass is 9.33. The number of carbonyl (C=O) groups excluding carboxylic acids is 4. The Hall–Kier alpha value is -3.46. The van der Waals surface area contributed by atoms with E-state index in [1.807, 2.05) is 20.8 Å². The molecular weight excluding hydrogens is 668 g/mol. The number of rotatable bonds is 7. The molecule has 3 saturated heterocycles. The number of hydrogen-bond donors (Lipinski definition) is 2. The van der Waals surface area contributed by atoms with Gasteiger partial charge in [0.05, 0.1) is 25.2 Å². The molecule has 14 nitrogen and oxygen atoms in total. The smallest absolute Gasteiger partial charge is 0.338 e. The van der Waals surface area contributed by atoms with Crippen LogP contribution < -0.4 is 0 Å². The number of ether oxygens (including phenoxy) is 7. The summed E-state index contributed by atoms with van der Waals surface area (Å²) in [4.78, 5) is 53.8. The standard InChI is InChI=1S/C37H46O14/c1-17(2)24(41)23-25-30(5,26(46-18(3)38)20-10-13-45-15-20)11-12-34-32(7)21(14-22(40)44-9)31(6)16-35(32)36(43,28(31)47-19(4)39)29(48-27(23)42)37(25,34)51-33(8,49-34)50-35/h10,13,15,17,21,25-26,28-29,41,43H,11-12,14,16H2,1-9H3/b24-23-. The Morgan fingerprint density at radius 2 is 1.71 bits per heavy atom. The van der Waals surface area contributed by atoms with E-state index in [1.165, 1.54) is 33.5 Å². The third-order valence-electron chi connectivity index (χ3n) is 14.2. The highest BCUT2D eigenvalue weighted by atomic mass is 16.9. The summed E-state index contributed by atoms with van der Waals surface area (Å²) in [5.74, 6) is -7.29. The maximum absolute atomic E-state index is 14.7. The number of hydrogen-bond acceptors (Lipinski definition) is 14. The molecule has 0 aromatic carbocycles. The molecule has 278 valence electrons. The molecule has 4 aliphatic carbocycles. The van der Waals surface area contributed by atoms with E-state index in [9.17, 15) is 29.4 Å². The lowest BCUT2D eigenvalue weighted by molar-refractivity contribution is -0.478. The van der Waals surface area contributed by atoms with Crippen LogP contribution in [0.1, 0.15) is 92.7 Å². The zero-order chi connectivity index (χ0) is 37.1. The van der Waals surface area contributed by atoms with Gasteiger partial charge >= 0.3 is 23.9 Å². The molecule has 4 heterocycles. The third kappa shape index (κ3) is 3.49. The van der Waals surface area contributed by atoms with Gasteiger partial charge in [-0.05, 0) is 31.2 Å². The first-order chi connectivity index (χ1) is 23.7. The highest BCUT2D eigenvalue weighted by Crippen LogP contribution is 2.90. The van der Waals surface area contributed by atoms with Crippen molar-refractivity contribution in [3.05, 3.63) is 35.5 Å². The van der Waals surface area contributed by atoms with Crippen molar-refractivity contribution < 1.29 is 67.0 Å². The molecule has 13 unspecified atom stereocenters. The number of methoxy groups -OCH3 is 1. The summed E-state index contributed by atoms with van der Waals surface area (Å²) in [5, 5.41) is 25.6. The van der Waals surface area contributed by atoms with Gasteiger partial charge < -0.3 is 47.8 Å². The van der Waals surface area contributed by atoms with Gasteiger partial charge in [-0.3, -0.25) is 14.4 Å². The summed E-state index contributed by atoms with van der Waals surface area (Å²) in [5.41, 5.74) is -10.5. The average Bonchev–Trinajstić information content (AvgIpc) is 3.73. The van der Waals surface area contributed by atoms with Crippen LogP contribution in [0.3, 0.4) is 0 Å². The zero-order valence-electron chi connectivity index (χ0n) is 30.3. The van der Waals surface area contributed by atoms with Gasteiger partial charge in [-0.1, -0.05) is 34.6 Å². The quantitative estimate of drug-likeness (QED) is 0.179. The number of aliphatic hydroxyl groups is 2. The van der Waals surface area contributed by atoms with Crippen molar-refractivity contribution in [1.82, 2.24) is 0 Å². The lowest BCUT2D eigenvalue weighted by Crippen LogP contribution is -2.94. The van der Waals surface area contributed by atoms with Crippen molar-refractivity contribution in [3.63, 3.8) is 0 Å². The second-order valence-corrected chi connectivity index (χ2v) is 16.9. The Balaban J connectivity index is 1.50. The molecule has 13 atom stereocenters. The van der Waals surface area contributed by atoms with Gasteiger partial charge in [-0.15, -0.1) is 0 Å². The van der Waals surface area contributed by atoms with E-state index in [-0.39, 0.29) is 37.0 Å². The predicted molar refractivity (Wildman–Crippen MR) is 170 cm³/mol. The van der Waals surface area contributed by atoms with Crippen molar-refractivity contribution >= 4 is 23.9 Å². The molecule has 0 amide bonds. The largest absolute Gasteiger partial charge is 0.511 e. The van der Waals surface area contributed by atoms with E-state index >= 15 is 0 Å². The highest BCUT2D eigenvalue weighted by molar-refractivity contribution is 5.92. The lowest BCUT2D eigenvalue weighted by Gasteiger charge is -2.77. The normalized spacial score (nSPS) is 49.7. The monoisotopic (exact) mass is 714 g/mol. The Labute approximate surface area is 295 Å². The number of esters is 4.